The number of methoxy groups -OCH3 is 1. The van der Waals surface area contributed by atoms with Gasteiger partial charge in [-0.1, -0.05) is 30.3 Å². The van der Waals surface area contributed by atoms with Gasteiger partial charge >= 0.3 is 0 Å². The topological polar surface area (TPSA) is 90.4 Å². The molecule has 190 valence electrons. The Morgan fingerprint density at radius 1 is 1.00 bits per heavy atom. The second kappa shape index (κ2) is 9.84. The summed E-state index contributed by atoms with van der Waals surface area (Å²) >= 11 is 0. The molecule has 9 heteroatoms. The number of aryl methyl sites for hydroxylation is 1. The summed E-state index contributed by atoms with van der Waals surface area (Å²) in [4.78, 5) is 7.07. The smallest absolute Gasteiger partial charge is 0.230 e. The minimum atomic E-state index is -0.252. The fraction of sp³-hybridized carbons (Fsp3) is 0.321. The molecular weight excluding hydrogens is 468 g/mol. The SMILES string of the molecule is COc1ccc(C2c3c(C)nn(-c4ccccc4)c3Oc3ncn(CCN4CCOCC4)c(=N)c32)cc1. The van der Waals surface area contributed by atoms with Gasteiger partial charge in [0.15, 0.2) is 0 Å². The summed E-state index contributed by atoms with van der Waals surface area (Å²) in [5, 5.41) is 14.1. The van der Waals surface area contributed by atoms with E-state index in [1.165, 1.54) is 0 Å². The van der Waals surface area contributed by atoms with Gasteiger partial charge < -0.3 is 18.8 Å². The highest BCUT2D eigenvalue weighted by Crippen LogP contribution is 2.47. The molecule has 1 fully saturated rings. The second-order valence-corrected chi connectivity index (χ2v) is 9.32. The molecule has 0 radical (unpaired) electrons. The molecule has 1 saturated heterocycles. The predicted octanol–water partition coefficient (Wildman–Crippen LogP) is 3.48. The number of hydrogen-bond acceptors (Lipinski definition) is 7. The van der Waals surface area contributed by atoms with E-state index in [1.54, 1.807) is 13.4 Å². The maximum atomic E-state index is 9.23. The third-order valence-corrected chi connectivity index (χ3v) is 7.13. The van der Waals surface area contributed by atoms with Crippen LogP contribution in [0.3, 0.4) is 0 Å². The van der Waals surface area contributed by atoms with Gasteiger partial charge in [-0.2, -0.15) is 5.10 Å². The van der Waals surface area contributed by atoms with Crippen LogP contribution in [0.1, 0.15) is 28.3 Å². The van der Waals surface area contributed by atoms with Crippen LogP contribution in [0.15, 0.2) is 60.9 Å². The first-order valence-corrected chi connectivity index (χ1v) is 12.5. The molecule has 0 spiro atoms. The van der Waals surface area contributed by atoms with Gasteiger partial charge in [-0.25, -0.2) is 9.67 Å². The summed E-state index contributed by atoms with van der Waals surface area (Å²) in [5.41, 5.74) is 4.89. The Kier molecular flexibility index (Phi) is 6.23. The summed E-state index contributed by atoms with van der Waals surface area (Å²) in [6, 6.07) is 17.9. The lowest BCUT2D eigenvalue weighted by molar-refractivity contribution is 0.0362. The Bertz CT molecular complexity index is 1460. The average Bonchev–Trinajstić information content (AvgIpc) is 3.28. The predicted molar refractivity (Wildman–Crippen MR) is 138 cm³/mol. The lowest BCUT2D eigenvalue weighted by atomic mass is 9.84. The molecule has 1 N–H and O–H groups in total. The summed E-state index contributed by atoms with van der Waals surface area (Å²) in [5.74, 6) is 1.61. The quantitative estimate of drug-likeness (QED) is 0.386. The van der Waals surface area contributed by atoms with Gasteiger partial charge in [-0.3, -0.25) is 10.3 Å². The zero-order valence-corrected chi connectivity index (χ0v) is 21.1. The fourth-order valence-corrected chi connectivity index (χ4v) is 5.15. The molecule has 0 amide bonds. The van der Waals surface area contributed by atoms with Crippen LogP contribution in [-0.4, -0.2) is 64.2 Å². The molecule has 0 bridgehead atoms. The molecule has 2 aliphatic rings. The van der Waals surface area contributed by atoms with Gasteiger partial charge in [0.25, 0.3) is 0 Å². The molecular formula is C28H30N6O3. The first kappa shape index (κ1) is 23.4. The van der Waals surface area contributed by atoms with Crippen molar-refractivity contribution in [3.63, 3.8) is 0 Å². The van der Waals surface area contributed by atoms with Gasteiger partial charge in [0.2, 0.25) is 11.8 Å². The summed E-state index contributed by atoms with van der Waals surface area (Å²) in [6.45, 7) is 6.82. The third kappa shape index (κ3) is 4.30. The maximum absolute atomic E-state index is 9.23. The van der Waals surface area contributed by atoms with Crippen LogP contribution >= 0.6 is 0 Å². The average molecular weight is 499 g/mol. The third-order valence-electron chi connectivity index (χ3n) is 7.13. The van der Waals surface area contributed by atoms with Crippen molar-refractivity contribution in [2.24, 2.45) is 0 Å². The normalized spacial score (nSPS) is 17.1. The highest BCUT2D eigenvalue weighted by atomic mass is 16.5. The zero-order valence-electron chi connectivity index (χ0n) is 21.1. The lowest BCUT2D eigenvalue weighted by Crippen LogP contribution is -2.40. The minimum Gasteiger partial charge on any atom is -0.497 e. The van der Waals surface area contributed by atoms with Crippen LogP contribution in [0.5, 0.6) is 17.5 Å². The molecule has 4 heterocycles. The van der Waals surface area contributed by atoms with Crippen molar-refractivity contribution in [1.82, 2.24) is 24.2 Å². The molecule has 1 unspecified atom stereocenters. The van der Waals surface area contributed by atoms with Crippen molar-refractivity contribution in [2.45, 2.75) is 19.4 Å². The van der Waals surface area contributed by atoms with Crippen molar-refractivity contribution >= 4 is 0 Å². The molecule has 9 nitrogen and oxygen atoms in total. The Morgan fingerprint density at radius 2 is 1.76 bits per heavy atom. The van der Waals surface area contributed by atoms with Crippen molar-refractivity contribution in [3.05, 3.63) is 88.8 Å². The molecule has 4 aromatic rings. The molecule has 1 atom stereocenters. The van der Waals surface area contributed by atoms with Crippen molar-refractivity contribution in [3.8, 4) is 23.2 Å². The number of fused-ring (bicyclic) bond motifs is 2. The molecule has 0 aliphatic carbocycles. The first-order chi connectivity index (χ1) is 18.1. The van der Waals surface area contributed by atoms with Crippen LogP contribution in [0.2, 0.25) is 0 Å². The van der Waals surface area contributed by atoms with E-state index in [-0.39, 0.29) is 5.92 Å². The number of nitrogens with one attached hydrogen (secondary N) is 1. The number of rotatable bonds is 6. The largest absolute Gasteiger partial charge is 0.497 e. The first-order valence-electron chi connectivity index (χ1n) is 12.5. The van der Waals surface area contributed by atoms with E-state index in [4.69, 9.17) is 24.3 Å². The molecule has 2 aromatic heterocycles. The van der Waals surface area contributed by atoms with Gasteiger partial charge in [-0.05, 0) is 36.8 Å². The number of nitrogens with zero attached hydrogens (tertiary/aromatic N) is 5. The zero-order chi connectivity index (χ0) is 25.4. The molecule has 0 saturated carbocycles. The van der Waals surface area contributed by atoms with E-state index >= 15 is 0 Å². The summed E-state index contributed by atoms with van der Waals surface area (Å²) < 4.78 is 21.0. The number of ether oxygens (including phenoxy) is 3. The monoisotopic (exact) mass is 498 g/mol. The number of benzene rings is 2. The Hall–Kier alpha value is -3.95. The lowest BCUT2D eigenvalue weighted by Gasteiger charge is -2.29. The minimum absolute atomic E-state index is 0.252. The van der Waals surface area contributed by atoms with Crippen LogP contribution in [0.4, 0.5) is 0 Å². The molecule has 2 aliphatic heterocycles. The number of morpholine rings is 1. The maximum Gasteiger partial charge on any atom is 0.230 e. The van der Waals surface area contributed by atoms with Crippen LogP contribution in [0, 0.1) is 12.3 Å². The van der Waals surface area contributed by atoms with Gasteiger partial charge in [0.1, 0.15) is 17.6 Å². The van der Waals surface area contributed by atoms with Crippen LogP contribution in [0.25, 0.3) is 5.69 Å². The number of para-hydroxylation sites is 1. The Labute approximate surface area is 215 Å². The second-order valence-electron chi connectivity index (χ2n) is 9.32. The molecule has 6 rings (SSSR count). The van der Waals surface area contributed by atoms with Gasteiger partial charge in [0, 0.05) is 26.2 Å². The highest BCUT2D eigenvalue weighted by molar-refractivity contribution is 5.57. The van der Waals surface area contributed by atoms with E-state index in [1.807, 2.05) is 70.8 Å². The Morgan fingerprint density at radius 3 is 2.49 bits per heavy atom. The molecule has 2 aromatic carbocycles. The van der Waals surface area contributed by atoms with Crippen molar-refractivity contribution < 1.29 is 14.2 Å². The number of hydrogen-bond donors (Lipinski definition) is 1. The van der Waals surface area contributed by atoms with E-state index in [2.05, 4.69) is 4.90 Å². The Balaban J connectivity index is 1.46. The van der Waals surface area contributed by atoms with Crippen LogP contribution < -0.4 is 15.0 Å². The van der Waals surface area contributed by atoms with Gasteiger partial charge in [-0.15, -0.1) is 0 Å². The standard InChI is InChI=1S/C28H30N6O3/c1-19-23-24(20-8-10-22(35-2)11-9-20)25-26(29)33(13-12-32-14-16-36-17-15-32)18-30-27(25)37-28(23)34(31-19)21-6-4-3-5-7-21/h3-11,18,24,29H,12-17H2,1-2H3. The molecule has 37 heavy (non-hydrogen) atoms. The van der Waals surface area contributed by atoms with E-state index in [0.29, 0.717) is 23.8 Å². The summed E-state index contributed by atoms with van der Waals surface area (Å²) in [6.07, 6.45) is 1.72. The van der Waals surface area contributed by atoms with E-state index < -0.39 is 0 Å². The highest BCUT2D eigenvalue weighted by Gasteiger charge is 2.37. The van der Waals surface area contributed by atoms with Crippen molar-refractivity contribution in [2.75, 3.05) is 40.0 Å². The van der Waals surface area contributed by atoms with Gasteiger partial charge in [0.05, 0.1) is 48.7 Å². The summed E-state index contributed by atoms with van der Waals surface area (Å²) in [7, 11) is 1.66. The number of aromatic nitrogens is 4. The fourth-order valence-electron chi connectivity index (χ4n) is 5.15. The van der Waals surface area contributed by atoms with E-state index in [9.17, 15) is 5.41 Å². The van der Waals surface area contributed by atoms with Crippen molar-refractivity contribution in [1.29, 1.82) is 5.41 Å². The van der Waals surface area contributed by atoms with E-state index in [0.717, 1.165) is 66.7 Å². The van der Waals surface area contributed by atoms with Crippen LogP contribution in [-0.2, 0) is 11.3 Å².